The molecule has 2 unspecified atom stereocenters. The molecule has 1 fully saturated rings. The Morgan fingerprint density at radius 2 is 2.05 bits per heavy atom. The third kappa shape index (κ3) is 3.17. The van der Waals surface area contributed by atoms with Crippen molar-refractivity contribution < 1.29 is 28.0 Å². The number of benzene rings is 1. The molecule has 114 valence electrons. The number of carboxylic acids is 1. The van der Waals surface area contributed by atoms with Gasteiger partial charge >= 0.3 is 5.97 Å². The SMILES string of the molecule is O=C(O)C1COCC1NS(=O)(=O)c1ccccc1[N+](=O)[O-]. The van der Waals surface area contributed by atoms with Crippen LogP contribution in [-0.4, -0.2) is 43.7 Å². The van der Waals surface area contributed by atoms with Crippen LogP contribution in [0, 0.1) is 16.0 Å². The van der Waals surface area contributed by atoms with Crippen molar-refractivity contribution in [3.63, 3.8) is 0 Å². The molecule has 2 atom stereocenters. The number of nitrogens with one attached hydrogen (secondary N) is 1. The third-order valence-electron chi connectivity index (χ3n) is 3.06. The van der Waals surface area contributed by atoms with E-state index in [-0.39, 0.29) is 13.2 Å². The van der Waals surface area contributed by atoms with Crippen LogP contribution in [0.5, 0.6) is 0 Å². The largest absolute Gasteiger partial charge is 0.481 e. The molecule has 0 radical (unpaired) electrons. The lowest BCUT2D eigenvalue weighted by Gasteiger charge is -2.15. The molecule has 1 aliphatic heterocycles. The molecule has 0 saturated carbocycles. The molecule has 9 nitrogen and oxygen atoms in total. The number of carbonyl (C=O) groups is 1. The number of carboxylic acid groups (broad SMARTS) is 1. The zero-order valence-corrected chi connectivity index (χ0v) is 11.4. The van der Waals surface area contributed by atoms with Crippen molar-refractivity contribution in [2.45, 2.75) is 10.9 Å². The molecule has 1 aliphatic rings. The number of aliphatic carboxylic acids is 1. The van der Waals surface area contributed by atoms with Crippen LogP contribution in [0.15, 0.2) is 29.2 Å². The maximum absolute atomic E-state index is 12.2. The number of ether oxygens (including phenoxy) is 1. The summed E-state index contributed by atoms with van der Waals surface area (Å²) < 4.78 is 31.5. The van der Waals surface area contributed by atoms with Crippen LogP contribution in [0.1, 0.15) is 0 Å². The average Bonchev–Trinajstić information content (AvgIpc) is 2.86. The van der Waals surface area contributed by atoms with Crippen LogP contribution in [0.2, 0.25) is 0 Å². The molecular weight excluding hydrogens is 304 g/mol. The minimum absolute atomic E-state index is 0.100. The lowest BCUT2D eigenvalue weighted by molar-refractivity contribution is -0.387. The molecule has 0 spiro atoms. The number of sulfonamides is 1. The first-order valence-corrected chi connectivity index (χ1v) is 7.37. The first-order valence-electron chi connectivity index (χ1n) is 5.89. The summed E-state index contributed by atoms with van der Waals surface area (Å²) in [5, 5.41) is 19.8. The molecule has 1 aromatic carbocycles. The molecule has 0 amide bonds. The van der Waals surface area contributed by atoms with Crippen LogP contribution in [0.4, 0.5) is 5.69 Å². The van der Waals surface area contributed by atoms with Crippen LogP contribution >= 0.6 is 0 Å². The van der Waals surface area contributed by atoms with Crippen LogP contribution in [0.3, 0.4) is 0 Å². The van der Waals surface area contributed by atoms with Gasteiger partial charge in [-0.05, 0) is 6.07 Å². The van der Waals surface area contributed by atoms with Gasteiger partial charge in [0.15, 0.2) is 4.90 Å². The van der Waals surface area contributed by atoms with Gasteiger partial charge in [-0.3, -0.25) is 14.9 Å². The molecule has 2 N–H and O–H groups in total. The highest BCUT2D eigenvalue weighted by Gasteiger charge is 2.38. The minimum atomic E-state index is -4.22. The Kier molecular flexibility index (Phi) is 4.21. The van der Waals surface area contributed by atoms with Gasteiger partial charge in [-0.2, -0.15) is 0 Å². The standard InChI is InChI=1S/C11H12N2O7S/c14-11(15)7-5-20-6-8(7)12-21(18,19)10-4-2-1-3-9(10)13(16)17/h1-4,7-8,12H,5-6H2,(H,14,15). The summed E-state index contributed by atoms with van der Waals surface area (Å²) in [5.74, 6) is -2.22. The first kappa shape index (κ1) is 15.4. The predicted molar refractivity (Wildman–Crippen MR) is 69.2 cm³/mol. The van der Waals surface area contributed by atoms with Gasteiger partial charge in [0, 0.05) is 6.07 Å². The number of nitro benzene ring substituents is 1. The van der Waals surface area contributed by atoms with E-state index in [0.717, 1.165) is 12.1 Å². The van der Waals surface area contributed by atoms with Crippen LogP contribution < -0.4 is 4.72 Å². The highest BCUT2D eigenvalue weighted by molar-refractivity contribution is 7.89. The van der Waals surface area contributed by atoms with Crippen molar-refractivity contribution >= 4 is 21.7 Å². The van der Waals surface area contributed by atoms with Gasteiger partial charge < -0.3 is 9.84 Å². The van der Waals surface area contributed by atoms with Gasteiger partial charge in [-0.25, -0.2) is 13.1 Å². The summed E-state index contributed by atoms with van der Waals surface area (Å²) in [6.45, 7) is -0.212. The van der Waals surface area contributed by atoms with E-state index in [1.54, 1.807) is 0 Å². The molecule has 0 aromatic heterocycles. The second-order valence-electron chi connectivity index (χ2n) is 4.43. The van der Waals surface area contributed by atoms with Crippen LogP contribution in [-0.2, 0) is 19.6 Å². The van der Waals surface area contributed by atoms with Gasteiger partial charge in [-0.15, -0.1) is 0 Å². The van der Waals surface area contributed by atoms with Gasteiger partial charge in [0.1, 0.15) is 0 Å². The zero-order valence-electron chi connectivity index (χ0n) is 10.6. The van der Waals surface area contributed by atoms with E-state index in [1.807, 2.05) is 0 Å². The highest BCUT2D eigenvalue weighted by atomic mass is 32.2. The van der Waals surface area contributed by atoms with Crippen molar-refractivity contribution in [3.8, 4) is 0 Å². The topological polar surface area (TPSA) is 136 Å². The fourth-order valence-corrected chi connectivity index (χ4v) is 3.45. The van der Waals surface area contributed by atoms with Crippen molar-refractivity contribution in [2.24, 2.45) is 5.92 Å². The van der Waals surface area contributed by atoms with E-state index in [1.165, 1.54) is 12.1 Å². The summed E-state index contributed by atoms with van der Waals surface area (Å²) in [6.07, 6.45) is 0. The Balaban J connectivity index is 2.31. The van der Waals surface area contributed by atoms with Crippen molar-refractivity contribution in [1.29, 1.82) is 0 Å². The molecule has 1 heterocycles. The van der Waals surface area contributed by atoms with Crippen LogP contribution in [0.25, 0.3) is 0 Å². The summed E-state index contributed by atoms with van der Waals surface area (Å²) in [7, 11) is -4.22. The Labute approximate surface area is 119 Å². The second-order valence-corrected chi connectivity index (χ2v) is 6.12. The fraction of sp³-hybridized carbons (Fsp3) is 0.364. The molecule has 21 heavy (non-hydrogen) atoms. The van der Waals surface area contributed by atoms with E-state index in [9.17, 15) is 23.3 Å². The summed E-state index contributed by atoms with van der Waals surface area (Å²) >= 11 is 0. The molecule has 2 rings (SSSR count). The molecule has 1 saturated heterocycles. The van der Waals surface area contributed by atoms with Crippen molar-refractivity contribution in [1.82, 2.24) is 4.72 Å². The lowest BCUT2D eigenvalue weighted by Crippen LogP contribution is -2.42. The van der Waals surface area contributed by atoms with E-state index < -0.39 is 43.5 Å². The quantitative estimate of drug-likeness (QED) is 0.575. The normalized spacial score (nSPS) is 22.1. The number of nitrogens with zero attached hydrogens (tertiary/aromatic N) is 1. The predicted octanol–water partition coefficient (Wildman–Crippen LogP) is -0.0273. The maximum atomic E-state index is 12.2. The smallest absolute Gasteiger partial charge is 0.310 e. The van der Waals surface area contributed by atoms with E-state index in [0.29, 0.717) is 0 Å². The third-order valence-corrected chi connectivity index (χ3v) is 4.59. The number of rotatable bonds is 5. The van der Waals surface area contributed by atoms with Gasteiger partial charge in [0.2, 0.25) is 10.0 Å². The average molecular weight is 316 g/mol. The number of hydrogen-bond donors (Lipinski definition) is 2. The number of para-hydroxylation sites is 1. The number of nitro groups is 1. The molecule has 0 aliphatic carbocycles. The van der Waals surface area contributed by atoms with E-state index >= 15 is 0 Å². The Morgan fingerprint density at radius 1 is 1.38 bits per heavy atom. The Hall–Kier alpha value is -2.04. The summed E-state index contributed by atoms with van der Waals surface area (Å²) in [6, 6.07) is 3.88. The monoisotopic (exact) mass is 316 g/mol. The molecular formula is C11H12N2O7S. The molecule has 1 aromatic rings. The minimum Gasteiger partial charge on any atom is -0.481 e. The maximum Gasteiger partial charge on any atom is 0.310 e. The van der Waals surface area contributed by atoms with Gasteiger partial charge in [-0.1, -0.05) is 12.1 Å². The highest BCUT2D eigenvalue weighted by Crippen LogP contribution is 2.24. The Morgan fingerprint density at radius 3 is 2.67 bits per heavy atom. The second kappa shape index (κ2) is 5.76. The van der Waals surface area contributed by atoms with Gasteiger partial charge in [0.25, 0.3) is 5.69 Å². The zero-order chi connectivity index (χ0) is 15.6. The number of hydrogen-bond acceptors (Lipinski definition) is 6. The van der Waals surface area contributed by atoms with Crippen molar-refractivity contribution in [2.75, 3.05) is 13.2 Å². The van der Waals surface area contributed by atoms with Gasteiger partial charge in [0.05, 0.1) is 30.1 Å². The van der Waals surface area contributed by atoms with E-state index in [2.05, 4.69) is 4.72 Å². The fourth-order valence-electron chi connectivity index (χ4n) is 2.01. The first-order chi connectivity index (χ1) is 9.83. The van der Waals surface area contributed by atoms with E-state index in [4.69, 9.17) is 9.84 Å². The Bertz CT molecular complexity index is 673. The summed E-state index contributed by atoms with van der Waals surface area (Å²) in [5.41, 5.74) is -0.573. The van der Waals surface area contributed by atoms with Crippen molar-refractivity contribution in [3.05, 3.63) is 34.4 Å². The lowest BCUT2D eigenvalue weighted by atomic mass is 10.1. The molecule has 0 bridgehead atoms. The summed E-state index contributed by atoms with van der Waals surface area (Å²) in [4.78, 5) is 20.5. The molecule has 10 heteroatoms.